The number of nitrogens with zero attached hydrogens (tertiary/aromatic N) is 1. The third kappa shape index (κ3) is 4.43. The molecule has 1 heterocycles. The zero-order chi connectivity index (χ0) is 15.2. The second-order valence-corrected chi connectivity index (χ2v) is 6.04. The van der Waals surface area contributed by atoms with Crippen LogP contribution in [-0.2, 0) is 4.79 Å². The van der Waals surface area contributed by atoms with Gasteiger partial charge in [-0.05, 0) is 45.0 Å². The molecule has 4 nitrogen and oxygen atoms in total. The molecule has 1 aromatic rings. The maximum atomic E-state index is 12.2. The molecule has 0 saturated carbocycles. The maximum Gasteiger partial charge on any atom is 0.234 e. The van der Waals surface area contributed by atoms with Gasteiger partial charge in [0.25, 0.3) is 0 Å². The van der Waals surface area contributed by atoms with E-state index in [0.29, 0.717) is 17.6 Å². The van der Waals surface area contributed by atoms with Crippen molar-refractivity contribution in [2.45, 2.75) is 31.8 Å². The Hall–Kier alpha value is -1.10. The van der Waals surface area contributed by atoms with E-state index in [1.165, 1.54) is 6.42 Å². The fourth-order valence-electron chi connectivity index (χ4n) is 2.95. The number of amides is 1. The van der Waals surface area contributed by atoms with Crippen molar-refractivity contribution < 1.29 is 4.79 Å². The second kappa shape index (κ2) is 7.78. The van der Waals surface area contributed by atoms with Crippen LogP contribution in [0.15, 0.2) is 24.3 Å². The molecule has 1 aliphatic heterocycles. The van der Waals surface area contributed by atoms with Crippen molar-refractivity contribution in [3.63, 3.8) is 0 Å². The Morgan fingerprint density at radius 1 is 1.48 bits per heavy atom. The van der Waals surface area contributed by atoms with Crippen molar-refractivity contribution in [3.8, 4) is 0 Å². The van der Waals surface area contributed by atoms with Gasteiger partial charge in [0.05, 0.1) is 12.6 Å². The van der Waals surface area contributed by atoms with Crippen molar-refractivity contribution in [2.24, 2.45) is 0 Å². The van der Waals surface area contributed by atoms with Crippen LogP contribution in [0.1, 0.15) is 31.4 Å². The van der Waals surface area contributed by atoms with Crippen molar-refractivity contribution in [2.75, 3.05) is 26.7 Å². The molecule has 0 aliphatic carbocycles. The molecular weight excluding hydrogens is 286 g/mol. The van der Waals surface area contributed by atoms with Gasteiger partial charge in [-0.15, -0.1) is 0 Å². The summed E-state index contributed by atoms with van der Waals surface area (Å²) >= 11 is 6.17. The topological polar surface area (TPSA) is 44.4 Å². The van der Waals surface area contributed by atoms with Crippen LogP contribution in [0.25, 0.3) is 0 Å². The molecule has 2 atom stereocenters. The van der Waals surface area contributed by atoms with Gasteiger partial charge < -0.3 is 10.6 Å². The highest BCUT2D eigenvalue weighted by Crippen LogP contribution is 2.22. The first-order valence-corrected chi connectivity index (χ1v) is 7.92. The molecule has 0 radical (unpaired) electrons. The third-order valence-electron chi connectivity index (χ3n) is 4.03. The molecule has 1 amide bonds. The van der Waals surface area contributed by atoms with Gasteiger partial charge >= 0.3 is 0 Å². The molecule has 2 unspecified atom stereocenters. The summed E-state index contributed by atoms with van der Waals surface area (Å²) in [5.41, 5.74) is 0.959. The van der Waals surface area contributed by atoms with E-state index in [9.17, 15) is 4.79 Å². The molecule has 1 aliphatic rings. The van der Waals surface area contributed by atoms with Gasteiger partial charge in [-0.3, -0.25) is 9.69 Å². The molecule has 0 aromatic heterocycles. The quantitative estimate of drug-likeness (QED) is 0.847. The number of benzene rings is 1. The van der Waals surface area contributed by atoms with Gasteiger partial charge in [-0.25, -0.2) is 0 Å². The van der Waals surface area contributed by atoms with Crippen LogP contribution >= 0.6 is 11.6 Å². The fourth-order valence-corrected chi connectivity index (χ4v) is 3.25. The highest BCUT2D eigenvalue weighted by molar-refractivity contribution is 6.31. The van der Waals surface area contributed by atoms with Crippen LogP contribution in [0.4, 0.5) is 0 Å². The van der Waals surface area contributed by atoms with Crippen molar-refractivity contribution in [1.29, 1.82) is 0 Å². The van der Waals surface area contributed by atoms with Crippen molar-refractivity contribution in [1.82, 2.24) is 15.5 Å². The van der Waals surface area contributed by atoms with E-state index in [-0.39, 0.29) is 11.9 Å². The van der Waals surface area contributed by atoms with Gasteiger partial charge in [-0.2, -0.15) is 0 Å². The molecule has 2 N–H and O–H groups in total. The molecule has 5 heteroatoms. The summed E-state index contributed by atoms with van der Waals surface area (Å²) in [4.78, 5) is 14.5. The lowest BCUT2D eigenvalue weighted by atomic mass is 10.1. The fraction of sp³-hybridized carbons (Fsp3) is 0.562. The van der Waals surface area contributed by atoms with Crippen LogP contribution in [0.3, 0.4) is 0 Å². The van der Waals surface area contributed by atoms with Crippen LogP contribution in [0.2, 0.25) is 5.02 Å². The van der Waals surface area contributed by atoms with E-state index in [2.05, 4.69) is 15.5 Å². The number of carbonyl (C=O) groups excluding carboxylic acids is 1. The summed E-state index contributed by atoms with van der Waals surface area (Å²) in [7, 11) is 1.95. The molecule has 0 spiro atoms. The summed E-state index contributed by atoms with van der Waals surface area (Å²) in [5.74, 6) is 0.0606. The highest BCUT2D eigenvalue weighted by Gasteiger charge is 2.26. The summed E-state index contributed by atoms with van der Waals surface area (Å²) in [6, 6.07) is 8.03. The number of carbonyl (C=O) groups is 1. The minimum atomic E-state index is -0.0726. The number of likely N-dealkylation sites (N-methyl/N-ethyl adjacent to an activating group) is 1. The molecule has 21 heavy (non-hydrogen) atoms. The minimum Gasteiger partial charge on any atom is -0.348 e. The van der Waals surface area contributed by atoms with Gasteiger partial charge in [0.2, 0.25) is 5.91 Å². The number of hydrogen-bond donors (Lipinski definition) is 2. The Balaban J connectivity index is 1.88. The minimum absolute atomic E-state index is 0.0606. The lowest BCUT2D eigenvalue weighted by Gasteiger charge is -2.24. The van der Waals surface area contributed by atoms with Crippen molar-refractivity contribution in [3.05, 3.63) is 34.9 Å². The Bertz CT molecular complexity index is 480. The molecule has 0 bridgehead atoms. The van der Waals surface area contributed by atoms with E-state index < -0.39 is 0 Å². The summed E-state index contributed by atoms with van der Waals surface area (Å²) in [6.07, 6.45) is 2.33. The van der Waals surface area contributed by atoms with Crippen molar-refractivity contribution >= 4 is 17.5 Å². The normalized spacial score (nSPS) is 20.4. The average molecular weight is 310 g/mol. The second-order valence-electron chi connectivity index (χ2n) is 5.63. The molecule has 1 fully saturated rings. The predicted molar refractivity (Wildman–Crippen MR) is 86.5 cm³/mol. The monoisotopic (exact) mass is 309 g/mol. The van der Waals surface area contributed by atoms with Crippen LogP contribution in [0, 0.1) is 0 Å². The first-order chi connectivity index (χ1) is 10.1. The molecule has 1 saturated heterocycles. The van der Waals surface area contributed by atoms with Crippen LogP contribution in [-0.4, -0.2) is 43.5 Å². The van der Waals surface area contributed by atoms with Crippen LogP contribution < -0.4 is 10.6 Å². The van der Waals surface area contributed by atoms with Gasteiger partial charge in [-0.1, -0.05) is 29.8 Å². The van der Waals surface area contributed by atoms with Crippen LogP contribution in [0.5, 0.6) is 0 Å². The maximum absolute atomic E-state index is 12.2. The summed E-state index contributed by atoms with van der Waals surface area (Å²) in [6.45, 7) is 4.36. The predicted octanol–water partition coefficient (Wildman–Crippen LogP) is 2.20. The number of nitrogens with one attached hydrogen (secondary N) is 2. The van der Waals surface area contributed by atoms with E-state index in [4.69, 9.17) is 11.6 Å². The van der Waals surface area contributed by atoms with E-state index in [1.807, 2.05) is 38.2 Å². The number of likely N-dealkylation sites (tertiary alicyclic amines) is 1. The van der Waals surface area contributed by atoms with Gasteiger partial charge in [0, 0.05) is 17.6 Å². The smallest absolute Gasteiger partial charge is 0.234 e. The van der Waals surface area contributed by atoms with E-state index in [0.717, 1.165) is 25.1 Å². The molecular formula is C16H24ClN3O. The van der Waals surface area contributed by atoms with Gasteiger partial charge in [0.1, 0.15) is 0 Å². The first kappa shape index (κ1) is 16.3. The SMILES string of the molecule is CNCC1CCCN1CC(=O)NC(C)c1ccccc1Cl. The highest BCUT2D eigenvalue weighted by atomic mass is 35.5. The zero-order valence-corrected chi connectivity index (χ0v) is 13.5. The molecule has 116 valence electrons. The Morgan fingerprint density at radius 3 is 2.95 bits per heavy atom. The third-order valence-corrected chi connectivity index (χ3v) is 4.38. The lowest BCUT2D eigenvalue weighted by molar-refractivity contribution is -0.123. The number of hydrogen-bond acceptors (Lipinski definition) is 3. The Labute approximate surface area is 131 Å². The Morgan fingerprint density at radius 2 is 2.24 bits per heavy atom. The summed E-state index contributed by atoms with van der Waals surface area (Å²) in [5, 5.41) is 6.93. The van der Waals surface area contributed by atoms with Gasteiger partial charge in [0.15, 0.2) is 0 Å². The average Bonchev–Trinajstić information content (AvgIpc) is 2.86. The Kier molecular flexibility index (Phi) is 6.03. The number of halogens is 1. The first-order valence-electron chi connectivity index (χ1n) is 7.54. The zero-order valence-electron chi connectivity index (χ0n) is 12.7. The molecule has 2 rings (SSSR count). The largest absolute Gasteiger partial charge is 0.348 e. The molecule has 1 aromatic carbocycles. The number of rotatable bonds is 6. The van der Waals surface area contributed by atoms with E-state index in [1.54, 1.807) is 0 Å². The standard InChI is InChI=1S/C16H24ClN3O/c1-12(14-7-3-4-8-15(14)17)19-16(21)11-20-9-5-6-13(20)10-18-2/h3-4,7-8,12-13,18H,5-6,9-11H2,1-2H3,(H,19,21). The summed E-state index contributed by atoms with van der Waals surface area (Å²) < 4.78 is 0. The van der Waals surface area contributed by atoms with E-state index >= 15 is 0 Å². The lowest BCUT2D eigenvalue weighted by Crippen LogP contribution is -2.43.